The molecule has 1 aromatic carbocycles. The lowest BCUT2D eigenvalue weighted by Gasteiger charge is -2.34. The number of nitrogens with zero attached hydrogens (tertiary/aromatic N) is 1. The van der Waals surface area contributed by atoms with Gasteiger partial charge in [0.25, 0.3) is 0 Å². The van der Waals surface area contributed by atoms with E-state index in [2.05, 4.69) is 5.32 Å². The second kappa shape index (κ2) is 7.65. The van der Waals surface area contributed by atoms with Crippen molar-refractivity contribution in [1.82, 2.24) is 4.90 Å². The fourth-order valence-electron chi connectivity index (χ4n) is 2.71. The van der Waals surface area contributed by atoms with E-state index in [1.165, 1.54) is 7.11 Å². The van der Waals surface area contributed by atoms with Gasteiger partial charge in [-0.2, -0.15) is 0 Å². The standard InChI is InChI=1S/C16H19F3N2O3/c1-9(21-7-5-10(6-8-21)16(23)24-2)15(22)20-12-4-3-11(17)13(18)14(12)19/h3-4,9-10H,5-8H2,1-2H3,(H,20,22)/t9-/m0/s1. The maximum Gasteiger partial charge on any atom is 0.308 e. The number of ether oxygens (including phenoxy) is 1. The largest absolute Gasteiger partial charge is 0.469 e. The van der Waals surface area contributed by atoms with Crippen molar-refractivity contribution >= 4 is 17.6 Å². The van der Waals surface area contributed by atoms with Crippen LogP contribution in [0.3, 0.4) is 0 Å². The SMILES string of the molecule is COC(=O)C1CCN([C@@H](C)C(=O)Nc2ccc(F)c(F)c2F)CC1. The first-order valence-corrected chi connectivity index (χ1v) is 7.61. The highest BCUT2D eigenvalue weighted by atomic mass is 19.2. The summed E-state index contributed by atoms with van der Waals surface area (Å²) in [7, 11) is 1.33. The Morgan fingerprint density at radius 2 is 1.83 bits per heavy atom. The van der Waals surface area contributed by atoms with Crippen LogP contribution in [0.25, 0.3) is 0 Å². The summed E-state index contributed by atoms with van der Waals surface area (Å²) >= 11 is 0. The molecule has 1 atom stereocenters. The highest BCUT2D eigenvalue weighted by Crippen LogP contribution is 2.22. The summed E-state index contributed by atoms with van der Waals surface area (Å²) in [6.07, 6.45) is 1.12. The van der Waals surface area contributed by atoms with E-state index in [1.807, 2.05) is 4.90 Å². The Hall–Kier alpha value is -2.09. The van der Waals surface area contributed by atoms with E-state index in [4.69, 9.17) is 4.74 Å². The number of piperidine rings is 1. The molecule has 2 rings (SSSR count). The summed E-state index contributed by atoms with van der Waals surface area (Å²) in [5, 5.41) is 2.27. The van der Waals surface area contributed by atoms with E-state index >= 15 is 0 Å². The van der Waals surface area contributed by atoms with Crippen LogP contribution in [0.1, 0.15) is 19.8 Å². The average Bonchev–Trinajstić information content (AvgIpc) is 2.60. The Labute approximate surface area is 137 Å². The third-order valence-electron chi connectivity index (χ3n) is 4.28. The van der Waals surface area contributed by atoms with Crippen molar-refractivity contribution < 1.29 is 27.5 Å². The summed E-state index contributed by atoms with van der Waals surface area (Å²) in [6, 6.07) is 1.12. The molecule has 0 spiro atoms. The van der Waals surface area contributed by atoms with Crippen molar-refractivity contribution in [2.45, 2.75) is 25.8 Å². The van der Waals surface area contributed by atoms with E-state index in [0.717, 1.165) is 12.1 Å². The zero-order chi connectivity index (χ0) is 17.9. The summed E-state index contributed by atoms with van der Waals surface area (Å²) in [6.45, 7) is 2.65. The molecule has 0 aliphatic carbocycles. The molecule has 1 aromatic rings. The Balaban J connectivity index is 1.96. The predicted molar refractivity (Wildman–Crippen MR) is 80.7 cm³/mol. The van der Waals surface area contributed by atoms with E-state index in [0.29, 0.717) is 25.9 Å². The van der Waals surface area contributed by atoms with Gasteiger partial charge in [-0.25, -0.2) is 13.2 Å². The van der Waals surface area contributed by atoms with Gasteiger partial charge in [0, 0.05) is 0 Å². The first-order valence-electron chi connectivity index (χ1n) is 7.61. The molecule has 0 bridgehead atoms. The number of hydrogen-bond donors (Lipinski definition) is 1. The van der Waals surface area contributed by atoms with Gasteiger partial charge in [0.15, 0.2) is 17.5 Å². The van der Waals surface area contributed by atoms with E-state index in [1.54, 1.807) is 6.92 Å². The molecule has 0 aromatic heterocycles. The Bertz CT molecular complexity index is 631. The normalized spacial score (nSPS) is 17.4. The van der Waals surface area contributed by atoms with Crippen LogP contribution in [-0.4, -0.2) is 43.0 Å². The number of carbonyl (C=O) groups is 2. The number of methoxy groups -OCH3 is 1. The summed E-state index contributed by atoms with van der Waals surface area (Å²) < 4.78 is 44.4. The molecule has 8 heteroatoms. The minimum absolute atomic E-state index is 0.190. The predicted octanol–water partition coefficient (Wildman–Crippen LogP) is 2.32. The lowest BCUT2D eigenvalue weighted by atomic mass is 9.96. The van der Waals surface area contributed by atoms with E-state index < -0.39 is 35.1 Å². The van der Waals surface area contributed by atoms with Gasteiger partial charge < -0.3 is 10.1 Å². The number of benzene rings is 1. The average molecular weight is 344 g/mol. The molecule has 132 valence electrons. The van der Waals surface area contributed by atoms with Crippen molar-refractivity contribution in [3.8, 4) is 0 Å². The summed E-state index contributed by atoms with van der Waals surface area (Å²) in [5.74, 6) is -5.36. The molecule has 1 fully saturated rings. The molecule has 24 heavy (non-hydrogen) atoms. The van der Waals surface area contributed by atoms with Crippen molar-refractivity contribution in [2.24, 2.45) is 5.92 Å². The minimum Gasteiger partial charge on any atom is -0.469 e. The van der Waals surface area contributed by atoms with Gasteiger partial charge in [-0.1, -0.05) is 0 Å². The Morgan fingerprint density at radius 1 is 1.21 bits per heavy atom. The molecule has 1 N–H and O–H groups in total. The van der Waals surface area contributed by atoms with E-state index in [9.17, 15) is 22.8 Å². The molecule has 1 aliphatic rings. The Morgan fingerprint density at radius 3 is 2.42 bits per heavy atom. The quantitative estimate of drug-likeness (QED) is 0.673. The number of hydrogen-bond acceptors (Lipinski definition) is 4. The van der Waals surface area contributed by atoms with Gasteiger partial charge in [-0.15, -0.1) is 0 Å². The zero-order valence-corrected chi connectivity index (χ0v) is 13.4. The van der Waals surface area contributed by atoms with Gasteiger partial charge >= 0.3 is 5.97 Å². The summed E-state index contributed by atoms with van der Waals surface area (Å²) in [5.41, 5.74) is -0.407. The lowest BCUT2D eigenvalue weighted by molar-refractivity contribution is -0.147. The highest BCUT2D eigenvalue weighted by molar-refractivity contribution is 5.94. The monoisotopic (exact) mass is 344 g/mol. The van der Waals surface area contributed by atoms with Crippen LogP contribution in [0.5, 0.6) is 0 Å². The molecule has 1 heterocycles. The van der Waals surface area contributed by atoms with Gasteiger partial charge in [-0.3, -0.25) is 14.5 Å². The third kappa shape index (κ3) is 3.87. The molecule has 0 unspecified atom stereocenters. The Kier molecular flexibility index (Phi) is 5.82. The highest BCUT2D eigenvalue weighted by Gasteiger charge is 2.30. The third-order valence-corrected chi connectivity index (χ3v) is 4.28. The summed E-state index contributed by atoms with van der Waals surface area (Å²) in [4.78, 5) is 25.5. The van der Waals surface area contributed by atoms with Gasteiger partial charge in [0.1, 0.15) is 0 Å². The topological polar surface area (TPSA) is 58.6 Å². The molecule has 1 amide bonds. The number of nitrogens with one attached hydrogen (secondary N) is 1. The maximum atomic E-state index is 13.6. The fourth-order valence-corrected chi connectivity index (χ4v) is 2.71. The molecule has 1 aliphatic heterocycles. The van der Waals surface area contributed by atoms with Crippen LogP contribution < -0.4 is 5.32 Å². The number of anilines is 1. The van der Waals surface area contributed by atoms with Crippen molar-refractivity contribution in [3.05, 3.63) is 29.6 Å². The van der Waals surface area contributed by atoms with E-state index in [-0.39, 0.29) is 11.9 Å². The van der Waals surface area contributed by atoms with Gasteiger partial charge in [-0.05, 0) is 45.0 Å². The van der Waals surface area contributed by atoms with Crippen molar-refractivity contribution in [1.29, 1.82) is 0 Å². The number of amides is 1. The van der Waals surface area contributed by atoms with Crippen LogP contribution >= 0.6 is 0 Å². The number of esters is 1. The van der Waals surface area contributed by atoms with Crippen LogP contribution in [0.15, 0.2) is 12.1 Å². The fraction of sp³-hybridized carbons (Fsp3) is 0.500. The lowest BCUT2D eigenvalue weighted by Crippen LogP contribution is -2.47. The van der Waals surface area contributed by atoms with Crippen LogP contribution in [0.2, 0.25) is 0 Å². The molecule has 5 nitrogen and oxygen atoms in total. The molecular weight excluding hydrogens is 325 g/mol. The second-order valence-electron chi connectivity index (χ2n) is 5.72. The van der Waals surface area contributed by atoms with Crippen LogP contribution in [0.4, 0.5) is 18.9 Å². The maximum absolute atomic E-state index is 13.6. The van der Waals surface area contributed by atoms with Gasteiger partial charge in [0.05, 0.1) is 24.8 Å². The molecular formula is C16H19F3N2O3. The number of carbonyl (C=O) groups excluding carboxylic acids is 2. The van der Waals surface area contributed by atoms with Crippen molar-refractivity contribution in [3.63, 3.8) is 0 Å². The molecule has 1 saturated heterocycles. The second-order valence-corrected chi connectivity index (χ2v) is 5.72. The number of rotatable bonds is 4. The smallest absolute Gasteiger partial charge is 0.308 e. The van der Waals surface area contributed by atoms with Crippen molar-refractivity contribution in [2.75, 3.05) is 25.5 Å². The number of halogens is 3. The first kappa shape index (κ1) is 18.3. The van der Waals surface area contributed by atoms with Crippen LogP contribution in [-0.2, 0) is 14.3 Å². The zero-order valence-electron chi connectivity index (χ0n) is 13.4. The van der Waals surface area contributed by atoms with Gasteiger partial charge in [0.2, 0.25) is 5.91 Å². The molecule has 0 radical (unpaired) electrons. The first-order chi connectivity index (χ1) is 11.3. The minimum atomic E-state index is -1.63. The van der Waals surface area contributed by atoms with Crippen LogP contribution in [0, 0.1) is 23.4 Å². The number of likely N-dealkylation sites (tertiary alicyclic amines) is 1. The molecule has 0 saturated carbocycles.